The highest BCUT2D eigenvalue weighted by Crippen LogP contribution is 2.31. The fourth-order valence-electron chi connectivity index (χ4n) is 4.15. The molecule has 1 fully saturated rings. The standard InChI is InChI=1S/C27H29NO3/c1-2-30-24-15-9-10-16-25(24)31-23-17-19-28(20-18-23)27(29)26(21-11-5-3-6-12-21)22-13-7-4-8-14-22/h3-16,23,26H,2,17-20H2,1H3. The third-order valence-electron chi connectivity index (χ3n) is 5.71. The summed E-state index contributed by atoms with van der Waals surface area (Å²) in [6.45, 7) is 3.96. The van der Waals surface area contributed by atoms with Crippen molar-refractivity contribution in [3.8, 4) is 11.5 Å². The van der Waals surface area contributed by atoms with Gasteiger partial charge in [-0.3, -0.25) is 4.79 Å². The van der Waals surface area contributed by atoms with Gasteiger partial charge in [-0.2, -0.15) is 0 Å². The van der Waals surface area contributed by atoms with Crippen LogP contribution in [0.1, 0.15) is 36.8 Å². The van der Waals surface area contributed by atoms with Crippen molar-refractivity contribution >= 4 is 5.91 Å². The number of ether oxygens (including phenoxy) is 2. The Morgan fingerprint density at radius 2 is 1.35 bits per heavy atom. The average Bonchev–Trinajstić information content (AvgIpc) is 2.82. The summed E-state index contributed by atoms with van der Waals surface area (Å²) < 4.78 is 11.9. The van der Waals surface area contributed by atoms with Crippen LogP contribution in [0.2, 0.25) is 0 Å². The maximum Gasteiger partial charge on any atom is 0.234 e. The minimum atomic E-state index is -0.279. The number of para-hydroxylation sites is 2. The molecule has 1 heterocycles. The summed E-state index contributed by atoms with van der Waals surface area (Å²) in [7, 11) is 0. The summed E-state index contributed by atoms with van der Waals surface area (Å²) in [6, 6.07) is 27.9. The molecule has 0 atom stereocenters. The zero-order valence-corrected chi connectivity index (χ0v) is 17.9. The van der Waals surface area contributed by atoms with Gasteiger partial charge in [-0.1, -0.05) is 72.8 Å². The monoisotopic (exact) mass is 415 g/mol. The number of nitrogens with zero attached hydrogens (tertiary/aromatic N) is 1. The molecule has 0 aliphatic carbocycles. The number of hydrogen-bond donors (Lipinski definition) is 0. The van der Waals surface area contributed by atoms with E-state index in [0.717, 1.165) is 35.5 Å². The van der Waals surface area contributed by atoms with Gasteiger partial charge >= 0.3 is 0 Å². The predicted molar refractivity (Wildman–Crippen MR) is 123 cm³/mol. The molecule has 3 aromatic rings. The zero-order valence-electron chi connectivity index (χ0n) is 17.9. The molecule has 1 aliphatic rings. The second-order valence-electron chi connectivity index (χ2n) is 7.78. The molecule has 4 nitrogen and oxygen atoms in total. The first kappa shape index (κ1) is 21.0. The van der Waals surface area contributed by atoms with Crippen LogP contribution in [0.5, 0.6) is 11.5 Å². The molecule has 1 saturated heterocycles. The van der Waals surface area contributed by atoms with Crippen LogP contribution in [0.15, 0.2) is 84.9 Å². The Labute approximate surface area is 184 Å². The molecular formula is C27H29NO3. The normalized spacial score (nSPS) is 14.5. The van der Waals surface area contributed by atoms with Gasteiger partial charge in [0.05, 0.1) is 12.5 Å². The number of piperidine rings is 1. The minimum Gasteiger partial charge on any atom is -0.490 e. The molecule has 0 saturated carbocycles. The Kier molecular flexibility index (Phi) is 6.88. The third-order valence-corrected chi connectivity index (χ3v) is 5.71. The first-order chi connectivity index (χ1) is 15.3. The number of rotatable bonds is 7. The highest BCUT2D eigenvalue weighted by molar-refractivity contribution is 5.87. The van der Waals surface area contributed by atoms with E-state index in [1.165, 1.54) is 0 Å². The SMILES string of the molecule is CCOc1ccccc1OC1CCN(C(=O)C(c2ccccc2)c2ccccc2)CC1. The fourth-order valence-corrected chi connectivity index (χ4v) is 4.15. The first-order valence-corrected chi connectivity index (χ1v) is 11.0. The van der Waals surface area contributed by atoms with Gasteiger partial charge in [0.2, 0.25) is 5.91 Å². The van der Waals surface area contributed by atoms with Crippen molar-refractivity contribution in [3.05, 3.63) is 96.1 Å². The smallest absolute Gasteiger partial charge is 0.234 e. The molecule has 31 heavy (non-hydrogen) atoms. The Balaban J connectivity index is 1.44. The van der Waals surface area contributed by atoms with Crippen LogP contribution < -0.4 is 9.47 Å². The van der Waals surface area contributed by atoms with E-state index in [9.17, 15) is 4.79 Å². The molecule has 4 heteroatoms. The summed E-state index contributed by atoms with van der Waals surface area (Å²) in [6.07, 6.45) is 1.70. The predicted octanol–water partition coefficient (Wildman–Crippen LogP) is 5.29. The lowest BCUT2D eigenvalue weighted by Gasteiger charge is -2.34. The number of likely N-dealkylation sites (tertiary alicyclic amines) is 1. The molecule has 1 aliphatic heterocycles. The lowest BCUT2D eigenvalue weighted by Crippen LogP contribution is -2.44. The second kappa shape index (κ2) is 10.2. The molecule has 0 unspecified atom stereocenters. The third kappa shape index (κ3) is 5.08. The highest BCUT2D eigenvalue weighted by atomic mass is 16.5. The summed E-state index contributed by atoms with van der Waals surface area (Å²) in [5.74, 6) is 1.43. The van der Waals surface area contributed by atoms with E-state index in [1.807, 2.05) is 96.8 Å². The Morgan fingerprint density at radius 3 is 1.90 bits per heavy atom. The van der Waals surface area contributed by atoms with Crippen molar-refractivity contribution in [2.75, 3.05) is 19.7 Å². The van der Waals surface area contributed by atoms with Gasteiger partial charge in [0, 0.05) is 25.9 Å². The van der Waals surface area contributed by atoms with Crippen LogP contribution in [0.25, 0.3) is 0 Å². The lowest BCUT2D eigenvalue weighted by molar-refractivity contribution is -0.133. The first-order valence-electron chi connectivity index (χ1n) is 11.0. The number of carbonyl (C=O) groups excluding carboxylic acids is 1. The largest absolute Gasteiger partial charge is 0.490 e. The van der Waals surface area contributed by atoms with Crippen molar-refractivity contribution in [2.24, 2.45) is 0 Å². The molecule has 0 spiro atoms. The van der Waals surface area contributed by atoms with Gasteiger partial charge in [0.1, 0.15) is 6.10 Å². The van der Waals surface area contributed by atoms with Crippen LogP contribution in [0.4, 0.5) is 0 Å². The molecule has 0 bridgehead atoms. The van der Waals surface area contributed by atoms with Crippen LogP contribution in [0.3, 0.4) is 0 Å². The number of carbonyl (C=O) groups is 1. The zero-order chi connectivity index (χ0) is 21.5. The average molecular weight is 416 g/mol. The van der Waals surface area contributed by atoms with Gasteiger partial charge < -0.3 is 14.4 Å². The van der Waals surface area contributed by atoms with Crippen molar-refractivity contribution < 1.29 is 14.3 Å². The minimum absolute atomic E-state index is 0.0811. The number of hydrogen-bond acceptors (Lipinski definition) is 3. The highest BCUT2D eigenvalue weighted by Gasteiger charge is 2.31. The van der Waals surface area contributed by atoms with Crippen LogP contribution in [-0.4, -0.2) is 36.6 Å². The van der Waals surface area contributed by atoms with Gasteiger partial charge in [-0.15, -0.1) is 0 Å². The summed E-state index contributed by atoms with van der Waals surface area (Å²) >= 11 is 0. The van der Waals surface area contributed by atoms with Crippen LogP contribution in [0, 0.1) is 0 Å². The van der Waals surface area contributed by atoms with Crippen molar-refractivity contribution in [2.45, 2.75) is 31.8 Å². The Hall–Kier alpha value is -3.27. The van der Waals surface area contributed by atoms with E-state index >= 15 is 0 Å². The molecular weight excluding hydrogens is 386 g/mol. The maximum absolute atomic E-state index is 13.6. The van der Waals surface area contributed by atoms with Crippen molar-refractivity contribution in [3.63, 3.8) is 0 Å². The van der Waals surface area contributed by atoms with Gasteiger partial charge in [0.25, 0.3) is 0 Å². The van der Waals surface area contributed by atoms with E-state index in [-0.39, 0.29) is 17.9 Å². The fraction of sp³-hybridized carbons (Fsp3) is 0.296. The van der Waals surface area contributed by atoms with Gasteiger partial charge in [-0.05, 0) is 30.2 Å². The molecule has 1 amide bonds. The molecule has 160 valence electrons. The topological polar surface area (TPSA) is 38.8 Å². The molecule has 0 N–H and O–H groups in total. The van der Waals surface area contributed by atoms with E-state index in [1.54, 1.807) is 0 Å². The van der Waals surface area contributed by atoms with E-state index in [2.05, 4.69) is 0 Å². The molecule has 0 radical (unpaired) electrons. The summed E-state index contributed by atoms with van der Waals surface area (Å²) in [5.41, 5.74) is 2.06. The van der Waals surface area contributed by atoms with E-state index in [4.69, 9.17) is 9.47 Å². The number of amides is 1. The van der Waals surface area contributed by atoms with Crippen molar-refractivity contribution in [1.29, 1.82) is 0 Å². The second-order valence-corrected chi connectivity index (χ2v) is 7.78. The maximum atomic E-state index is 13.6. The van der Waals surface area contributed by atoms with E-state index < -0.39 is 0 Å². The Bertz CT molecular complexity index is 927. The Morgan fingerprint density at radius 1 is 0.839 bits per heavy atom. The van der Waals surface area contributed by atoms with Crippen LogP contribution in [-0.2, 0) is 4.79 Å². The van der Waals surface area contributed by atoms with Gasteiger partial charge in [0.15, 0.2) is 11.5 Å². The quantitative estimate of drug-likeness (QED) is 0.526. The van der Waals surface area contributed by atoms with Gasteiger partial charge in [-0.25, -0.2) is 0 Å². The van der Waals surface area contributed by atoms with Crippen LogP contribution >= 0.6 is 0 Å². The molecule has 3 aromatic carbocycles. The summed E-state index contributed by atoms with van der Waals surface area (Å²) in [4.78, 5) is 15.6. The van der Waals surface area contributed by atoms with E-state index in [0.29, 0.717) is 19.7 Å². The molecule has 0 aromatic heterocycles. The molecule has 4 rings (SSSR count). The van der Waals surface area contributed by atoms with Crippen molar-refractivity contribution in [1.82, 2.24) is 4.90 Å². The lowest BCUT2D eigenvalue weighted by atomic mass is 9.89. The summed E-state index contributed by atoms with van der Waals surface area (Å²) in [5, 5.41) is 0. The number of benzene rings is 3.